The summed E-state index contributed by atoms with van der Waals surface area (Å²) in [5.74, 6) is 1.51. The maximum absolute atomic E-state index is 3.72. The monoisotopic (exact) mass is 253 g/mol. The van der Waals surface area contributed by atoms with Crippen molar-refractivity contribution < 1.29 is 0 Å². The quantitative estimate of drug-likeness (QED) is 0.726. The lowest BCUT2D eigenvalue weighted by Gasteiger charge is -2.28. The molecule has 0 amide bonds. The highest BCUT2D eigenvalue weighted by atomic mass is 32.1. The second-order valence-electron chi connectivity index (χ2n) is 5.28. The summed E-state index contributed by atoms with van der Waals surface area (Å²) in [4.78, 5) is 1.52. The highest BCUT2D eigenvalue weighted by Crippen LogP contribution is 2.20. The van der Waals surface area contributed by atoms with Crippen LogP contribution in [0.15, 0.2) is 17.5 Å². The first-order chi connectivity index (χ1) is 8.15. The van der Waals surface area contributed by atoms with Crippen LogP contribution in [0, 0.1) is 11.8 Å². The van der Waals surface area contributed by atoms with Crippen LogP contribution in [0.3, 0.4) is 0 Å². The van der Waals surface area contributed by atoms with Gasteiger partial charge in [-0.1, -0.05) is 33.8 Å². The Bertz CT molecular complexity index is 279. The van der Waals surface area contributed by atoms with Gasteiger partial charge in [0.2, 0.25) is 0 Å². The van der Waals surface area contributed by atoms with Crippen LogP contribution in [0.5, 0.6) is 0 Å². The van der Waals surface area contributed by atoms with E-state index < -0.39 is 0 Å². The molecule has 1 nitrogen and oxygen atoms in total. The van der Waals surface area contributed by atoms with E-state index in [4.69, 9.17) is 0 Å². The van der Waals surface area contributed by atoms with Gasteiger partial charge in [0.15, 0.2) is 0 Å². The first-order valence-electron chi connectivity index (χ1n) is 6.91. The summed E-state index contributed by atoms with van der Waals surface area (Å²) in [6.45, 7) is 10.4. The van der Waals surface area contributed by atoms with Crippen LogP contribution in [0.1, 0.15) is 45.4 Å². The van der Waals surface area contributed by atoms with Crippen LogP contribution in [-0.2, 0) is 6.42 Å². The third-order valence-corrected chi connectivity index (χ3v) is 4.56. The highest BCUT2D eigenvalue weighted by molar-refractivity contribution is 7.09. The molecule has 0 saturated heterocycles. The molecular weight excluding hydrogens is 226 g/mol. The second-order valence-corrected chi connectivity index (χ2v) is 6.31. The molecule has 0 bridgehead atoms. The molecule has 0 spiro atoms. The van der Waals surface area contributed by atoms with Crippen molar-refractivity contribution in [1.82, 2.24) is 5.32 Å². The Kier molecular flexibility index (Phi) is 6.83. The van der Waals surface area contributed by atoms with Gasteiger partial charge in [0.25, 0.3) is 0 Å². The lowest BCUT2D eigenvalue weighted by Crippen LogP contribution is -2.38. The van der Waals surface area contributed by atoms with E-state index in [1.54, 1.807) is 0 Å². The van der Waals surface area contributed by atoms with Crippen molar-refractivity contribution in [3.8, 4) is 0 Å². The van der Waals surface area contributed by atoms with Gasteiger partial charge in [-0.25, -0.2) is 0 Å². The van der Waals surface area contributed by atoms with E-state index in [0.29, 0.717) is 6.04 Å². The van der Waals surface area contributed by atoms with E-state index in [1.165, 1.54) is 24.1 Å². The molecule has 0 aliphatic carbocycles. The molecule has 0 aliphatic heterocycles. The van der Waals surface area contributed by atoms with Crippen molar-refractivity contribution in [2.24, 2.45) is 11.8 Å². The van der Waals surface area contributed by atoms with Crippen molar-refractivity contribution in [2.75, 3.05) is 6.54 Å². The van der Waals surface area contributed by atoms with Gasteiger partial charge in [-0.15, -0.1) is 11.3 Å². The van der Waals surface area contributed by atoms with E-state index in [1.807, 2.05) is 11.3 Å². The summed E-state index contributed by atoms with van der Waals surface area (Å²) in [5.41, 5.74) is 0. The lowest BCUT2D eigenvalue weighted by molar-refractivity contribution is 0.286. The Morgan fingerprint density at radius 3 is 2.59 bits per heavy atom. The minimum atomic E-state index is 0.664. The van der Waals surface area contributed by atoms with E-state index in [-0.39, 0.29) is 0 Å². The molecule has 1 heterocycles. The van der Waals surface area contributed by atoms with Gasteiger partial charge in [-0.05, 0) is 49.1 Å². The number of thiophene rings is 1. The summed E-state index contributed by atoms with van der Waals surface area (Å²) in [6.07, 6.45) is 3.70. The van der Waals surface area contributed by atoms with E-state index in [9.17, 15) is 0 Å². The van der Waals surface area contributed by atoms with Crippen molar-refractivity contribution in [3.63, 3.8) is 0 Å². The number of rotatable bonds is 8. The first-order valence-corrected chi connectivity index (χ1v) is 7.78. The molecule has 0 aliphatic rings. The number of nitrogens with one attached hydrogen (secondary N) is 1. The van der Waals surface area contributed by atoms with E-state index in [0.717, 1.165) is 18.4 Å². The summed E-state index contributed by atoms with van der Waals surface area (Å²) in [7, 11) is 0. The number of aryl methyl sites for hydroxylation is 1. The summed E-state index contributed by atoms with van der Waals surface area (Å²) in [5, 5.41) is 5.89. The molecule has 1 N–H and O–H groups in total. The average molecular weight is 253 g/mol. The molecule has 0 aromatic carbocycles. The summed E-state index contributed by atoms with van der Waals surface area (Å²) in [6, 6.07) is 5.07. The molecule has 2 unspecified atom stereocenters. The Morgan fingerprint density at radius 2 is 2.06 bits per heavy atom. The number of hydrogen-bond acceptors (Lipinski definition) is 2. The molecule has 0 fully saturated rings. The fraction of sp³-hybridized carbons (Fsp3) is 0.733. The molecule has 1 rings (SSSR count). The van der Waals surface area contributed by atoms with Crippen LogP contribution >= 0.6 is 11.3 Å². The van der Waals surface area contributed by atoms with Crippen molar-refractivity contribution in [2.45, 2.75) is 53.0 Å². The van der Waals surface area contributed by atoms with Crippen LogP contribution < -0.4 is 5.32 Å². The third-order valence-electron chi connectivity index (χ3n) is 3.62. The van der Waals surface area contributed by atoms with Crippen LogP contribution in [0.2, 0.25) is 0 Å². The zero-order valence-corrected chi connectivity index (χ0v) is 12.5. The molecule has 2 atom stereocenters. The van der Waals surface area contributed by atoms with Crippen molar-refractivity contribution in [1.29, 1.82) is 0 Å². The molecule has 98 valence electrons. The first kappa shape index (κ1) is 14.7. The van der Waals surface area contributed by atoms with Crippen LogP contribution in [0.25, 0.3) is 0 Å². The Labute approximate surface area is 111 Å². The molecule has 0 radical (unpaired) electrons. The Hall–Kier alpha value is -0.340. The van der Waals surface area contributed by atoms with Crippen LogP contribution in [0.4, 0.5) is 0 Å². The summed E-state index contributed by atoms with van der Waals surface area (Å²) >= 11 is 1.88. The van der Waals surface area contributed by atoms with Crippen LogP contribution in [-0.4, -0.2) is 12.6 Å². The summed E-state index contributed by atoms with van der Waals surface area (Å²) < 4.78 is 0. The Morgan fingerprint density at radius 1 is 1.29 bits per heavy atom. The molecular formula is C15H27NS. The zero-order chi connectivity index (χ0) is 12.7. The topological polar surface area (TPSA) is 12.0 Å². The van der Waals surface area contributed by atoms with Gasteiger partial charge >= 0.3 is 0 Å². The molecule has 1 aromatic heterocycles. The lowest BCUT2D eigenvalue weighted by atomic mass is 9.87. The molecule has 0 saturated carbocycles. The molecule has 1 aromatic rings. The third kappa shape index (κ3) is 5.22. The maximum atomic E-state index is 3.72. The minimum Gasteiger partial charge on any atom is -0.314 e. The standard InChI is InChI=1S/C15H27NS/c1-5-10-16-15(13(4)12(2)3)9-8-14-7-6-11-17-14/h6-7,11-13,15-16H,5,8-10H2,1-4H3. The number of hydrogen-bond donors (Lipinski definition) is 1. The van der Waals surface area contributed by atoms with Gasteiger partial charge in [0.05, 0.1) is 0 Å². The van der Waals surface area contributed by atoms with Crippen molar-refractivity contribution in [3.05, 3.63) is 22.4 Å². The highest BCUT2D eigenvalue weighted by Gasteiger charge is 2.19. The van der Waals surface area contributed by atoms with Gasteiger partial charge in [-0.3, -0.25) is 0 Å². The zero-order valence-electron chi connectivity index (χ0n) is 11.7. The second kappa shape index (κ2) is 7.88. The van der Waals surface area contributed by atoms with Crippen molar-refractivity contribution >= 4 is 11.3 Å². The van der Waals surface area contributed by atoms with E-state index in [2.05, 4.69) is 50.5 Å². The maximum Gasteiger partial charge on any atom is 0.00985 e. The minimum absolute atomic E-state index is 0.664. The Balaban J connectivity index is 2.45. The predicted molar refractivity (Wildman–Crippen MR) is 78.7 cm³/mol. The normalized spacial score (nSPS) is 15.1. The molecule has 2 heteroatoms. The van der Waals surface area contributed by atoms with Gasteiger partial charge in [-0.2, -0.15) is 0 Å². The van der Waals surface area contributed by atoms with Gasteiger partial charge in [0.1, 0.15) is 0 Å². The van der Waals surface area contributed by atoms with E-state index >= 15 is 0 Å². The average Bonchev–Trinajstić information content (AvgIpc) is 2.81. The predicted octanol–water partition coefficient (Wildman–Crippen LogP) is 4.34. The fourth-order valence-corrected chi connectivity index (χ4v) is 2.82. The largest absolute Gasteiger partial charge is 0.314 e. The van der Waals surface area contributed by atoms with Gasteiger partial charge < -0.3 is 5.32 Å². The van der Waals surface area contributed by atoms with Gasteiger partial charge in [0, 0.05) is 10.9 Å². The SMILES string of the molecule is CCCNC(CCc1cccs1)C(C)C(C)C. The fourth-order valence-electron chi connectivity index (χ4n) is 2.10. The smallest absolute Gasteiger partial charge is 0.00985 e. The molecule has 17 heavy (non-hydrogen) atoms.